The van der Waals surface area contributed by atoms with E-state index in [1.165, 1.54) is 0 Å². The molecule has 1 aromatic rings. The molecule has 0 amide bonds. The highest BCUT2D eigenvalue weighted by Gasteiger charge is 2.15. The van der Waals surface area contributed by atoms with Crippen molar-refractivity contribution in [1.82, 2.24) is 4.57 Å². The molecule has 1 aromatic heterocycles. The Hall–Kier alpha value is -1.29. The SMILES string of the molecule is CCOCC(C)OC(=O)c1ccc(C)n1C. The predicted octanol–water partition coefficient (Wildman–Crippen LogP) is 1.92. The van der Waals surface area contributed by atoms with Crippen LogP contribution in [0.25, 0.3) is 0 Å². The van der Waals surface area contributed by atoms with Crippen molar-refractivity contribution < 1.29 is 14.3 Å². The van der Waals surface area contributed by atoms with Crippen LogP contribution in [-0.2, 0) is 16.5 Å². The van der Waals surface area contributed by atoms with Gasteiger partial charge in [-0.2, -0.15) is 0 Å². The number of nitrogens with zero attached hydrogens (tertiary/aromatic N) is 1. The molecule has 0 N–H and O–H groups in total. The number of carbonyl (C=O) groups is 1. The maximum absolute atomic E-state index is 11.8. The van der Waals surface area contributed by atoms with Gasteiger partial charge in [0.25, 0.3) is 0 Å². The zero-order chi connectivity index (χ0) is 12.1. The average Bonchev–Trinajstić information content (AvgIpc) is 2.57. The van der Waals surface area contributed by atoms with Crippen molar-refractivity contribution >= 4 is 5.97 Å². The molecule has 0 fully saturated rings. The predicted molar refractivity (Wildman–Crippen MR) is 61.5 cm³/mol. The van der Waals surface area contributed by atoms with Gasteiger partial charge < -0.3 is 14.0 Å². The van der Waals surface area contributed by atoms with E-state index in [-0.39, 0.29) is 12.1 Å². The van der Waals surface area contributed by atoms with E-state index in [0.29, 0.717) is 18.9 Å². The fourth-order valence-electron chi connectivity index (χ4n) is 1.38. The van der Waals surface area contributed by atoms with Gasteiger partial charge in [0.15, 0.2) is 0 Å². The Balaban J connectivity index is 2.55. The molecule has 0 aliphatic carbocycles. The van der Waals surface area contributed by atoms with Gasteiger partial charge in [-0.15, -0.1) is 0 Å². The Morgan fingerprint density at radius 3 is 2.69 bits per heavy atom. The molecule has 0 saturated heterocycles. The smallest absolute Gasteiger partial charge is 0.355 e. The van der Waals surface area contributed by atoms with Gasteiger partial charge in [0, 0.05) is 19.3 Å². The summed E-state index contributed by atoms with van der Waals surface area (Å²) in [5.41, 5.74) is 1.60. The topological polar surface area (TPSA) is 40.5 Å². The highest BCUT2D eigenvalue weighted by atomic mass is 16.6. The molecule has 4 nitrogen and oxygen atoms in total. The van der Waals surface area contributed by atoms with Crippen LogP contribution in [-0.4, -0.2) is 29.9 Å². The maximum Gasteiger partial charge on any atom is 0.355 e. The molecule has 0 bridgehead atoms. The number of carbonyl (C=O) groups excluding carboxylic acids is 1. The van der Waals surface area contributed by atoms with Crippen molar-refractivity contribution in [2.45, 2.75) is 26.9 Å². The number of aryl methyl sites for hydroxylation is 1. The second kappa shape index (κ2) is 5.70. The van der Waals surface area contributed by atoms with Gasteiger partial charge in [0.1, 0.15) is 11.8 Å². The molecule has 0 spiro atoms. The van der Waals surface area contributed by atoms with Gasteiger partial charge in [-0.05, 0) is 32.9 Å². The highest BCUT2D eigenvalue weighted by Crippen LogP contribution is 2.08. The van der Waals surface area contributed by atoms with E-state index in [1.807, 2.05) is 38.5 Å². The number of rotatable bonds is 5. The highest BCUT2D eigenvalue weighted by molar-refractivity contribution is 5.88. The summed E-state index contributed by atoms with van der Waals surface area (Å²) < 4.78 is 12.2. The Morgan fingerprint density at radius 1 is 1.50 bits per heavy atom. The van der Waals surface area contributed by atoms with Gasteiger partial charge in [-0.25, -0.2) is 4.79 Å². The molecule has 0 aromatic carbocycles. The fraction of sp³-hybridized carbons (Fsp3) is 0.583. The van der Waals surface area contributed by atoms with Gasteiger partial charge in [0.2, 0.25) is 0 Å². The summed E-state index contributed by atoms with van der Waals surface area (Å²) >= 11 is 0. The lowest BCUT2D eigenvalue weighted by atomic mass is 10.4. The zero-order valence-electron chi connectivity index (χ0n) is 10.3. The first-order chi connectivity index (χ1) is 7.56. The molecular formula is C12H19NO3. The van der Waals surface area contributed by atoms with E-state index in [4.69, 9.17) is 9.47 Å². The van der Waals surface area contributed by atoms with E-state index < -0.39 is 0 Å². The molecule has 16 heavy (non-hydrogen) atoms. The van der Waals surface area contributed by atoms with Crippen LogP contribution >= 0.6 is 0 Å². The average molecular weight is 225 g/mol. The summed E-state index contributed by atoms with van der Waals surface area (Å²) in [6.45, 7) is 6.75. The van der Waals surface area contributed by atoms with Crippen LogP contribution in [0.1, 0.15) is 30.0 Å². The molecule has 0 saturated carbocycles. The van der Waals surface area contributed by atoms with Gasteiger partial charge in [-0.1, -0.05) is 0 Å². The maximum atomic E-state index is 11.8. The van der Waals surface area contributed by atoms with Gasteiger partial charge in [-0.3, -0.25) is 0 Å². The molecule has 4 heteroatoms. The summed E-state index contributed by atoms with van der Waals surface area (Å²) in [5.74, 6) is -0.303. The molecule has 0 aliphatic rings. The summed E-state index contributed by atoms with van der Waals surface area (Å²) in [4.78, 5) is 11.8. The van der Waals surface area contributed by atoms with E-state index in [2.05, 4.69) is 0 Å². The molecule has 90 valence electrons. The summed E-state index contributed by atoms with van der Waals surface area (Å²) in [6.07, 6.45) is -0.220. The van der Waals surface area contributed by atoms with E-state index >= 15 is 0 Å². The van der Waals surface area contributed by atoms with Crippen molar-refractivity contribution in [2.24, 2.45) is 7.05 Å². The lowest BCUT2D eigenvalue weighted by Crippen LogP contribution is -2.22. The summed E-state index contributed by atoms with van der Waals surface area (Å²) in [6, 6.07) is 3.66. The minimum absolute atomic E-state index is 0.220. The first-order valence-corrected chi connectivity index (χ1v) is 5.47. The van der Waals surface area contributed by atoms with Crippen molar-refractivity contribution in [3.63, 3.8) is 0 Å². The second-order valence-corrected chi connectivity index (χ2v) is 3.79. The van der Waals surface area contributed by atoms with Crippen LogP contribution in [0.15, 0.2) is 12.1 Å². The number of esters is 1. The van der Waals surface area contributed by atoms with Crippen LogP contribution < -0.4 is 0 Å². The van der Waals surface area contributed by atoms with E-state index in [9.17, 15) is 4.79 Å². The van der Waals surface area contributed by atoms with Crippen LogP contribution in [0.2, 0.25) is 0 Å². The number of hydrogen-bond acceptors (Lipinski definition) is 3. The molecular weight excluding hydrogens is 206 g/mol. The zero-order valence-corrected chi connectivity index (χ0v) is 10.3. The molecule has 1 unspecified atom stereocenters. The van der Waals surface area contributed by atoms with Gasteiger partial charge in [0.05, 0.1) is 6.61 Å². The molecule has 1 heterocycles. The second-order valence-electron chi connectivity index (χ2n) is 3.79. The first kappa shape index (κ1) is 12.8. The van der Waals surface area contributed by atoms with Crippen LogP contribution in [0, 0.1) is 6.92 Å². The normalized spacial score (nSPS) is 12.5. The molecule has 1 atom stereocenters. The molecule has 0 radical (unpaired) electrons. The number of aromatic nitrogens is 1. The largest absolute Gasteiger partial charge is 0.456 e. The van der Waals surface area contributed by atoms with Crippen molar-refractivity contribution in [2.75, 3.05) is 13.2 Å². The third-order valence-electron chi connectivity index (χ3n) is 2.45. The van der Waals surface area contributed by atoms with Gasteiger partial charge >= 0.3 is 5.97 Å². The first-order valence-electron chi connectivity index (χ1n) is 5.47. The fourth-order valence-corrected chi connectivity index (χ4v) is 1.38. The number of hydrogen-bond donors (Lipinski definition) is 0. The summed E-state index contributed by atoms with van der Waals surface area (Å²) in [7, 11) is 1.85. The molecule has 1 rings (SSSR count). The number of ether oxygens (including phenoxy) is 2. The van der Waals surface area contributed by atoms with Crippen LogP contribution in [0.4, 0.5) is 0 Å². The van der Waals surface area contributed by atoms with E-state index in [0.717, 1.165) is 5.69 Å². The van der Waals surface area contributed by atoms with Crippen molar-refractivity contribution in [3.8, 4) is 0 Å². The van der Waals surface area contributed by atoms with Crippen LogP contribution in [0.5, 0.6) is 0 Å². The van der Waals surface area contributed by atoms with Crippen molar-refractivity contribution in [3.05, 3.63) is 23.5 Å². The lowest BCUT2D eigenvalue weighted by Gasteiger charge is -2.13. The quantitative estimate of drug-likeness (QED) is 0.719. The minimum Gasteiger partial charge on any atom is -0.456 e. The Bertz CT molecular complexity index is 357. The summed E-state index contributed by atoms with van der Waals surface area (Å²) in [5, 5.41) is 0. The third kappa shape index (κ3) is 3.10. The third-order valence-corrected chi connectivity index (χ3v) is 2.45. The Morgan fingerprint density at radius 2 is 2.19 bits per heavy atom. The molecule has 0 aliphatic heterocycles. The Kier molecular flexibility index (Phi) is 4.55. The lowest BCUT2D eigenvalue weighted by molar-refractivity contribution is 0.00355. The van der Waals surface area contributed by atoms with E-state index in [1.54, 1.807) is 6.07 Å². The monoisotopic (exact) mass is 225 g/mol. The Labute approximate surface area is 96.2 Å². The van der Waals surface area contributed by atoms with Crippen LogP contribution in [0.3, 0.4) is 0 Å². The van der Waals surface area contributed by atoms with Crippen molar-refractivity contribution in [1.29, 1.82) is 0 Å². The minimum atomic E-state index is -0.303. The standard InChI is InChI=1S/C12H19NO3/c1-5-15-8-10(3)16-12(14)11-7-6-9(2)13(11)4/h6-7,10H,5,8H2,1-4H3.